The van der Waals surface area contributed by atoms with Gasteiger partial charge in [0, 0.05) is 24.2 Å². The summed E-state index contributed by atoms with van der Waals surface area (Å²) in [5.41, 5.74) is 10.2. The second-order valence-corrected chi connectivity index (χ2v) is 2.74. The Morgan fingerprint density at radius 2 is 2.29 bits per heavy atom. The Labute approximate surface area is 78.9 Å². The Morgan fingerprint density at radius 3 is 2.79 bits per heavy atom. The largest absolute Gasteiger partial charge is 0.329 e. The zero-order valence-corrected chi connectivity index (χ0v) is 7.27. The zero-order chi connectivity index (χ0) is 10.7. The molecule has 0 radical (unpaired) electrons. The first-order chi connectivity index (χ1) is 6.56. The van der Waals surface area contributed by atoms with Crippen molar-refractivity contribution in [3.8, 4) is 0 Å². The molecule has 76 valence electrons. The van der Waals surface area contributed by atoms with E-state index in [4.69, 9.17) is 11.5 Å². The van der Waals surface area contributed by atoms with Crippen LogP contribution in [0.3, 0.4) is 0 Å². The number of H-pyrrole nitrogens is 1. The average Bonchev–Trinajstić information content (AvgIpc) is 2.17. The molecule has 0 aliphatic heterocycles. The molecule has 0 bridgehead atoms. The number of nitrogens with one attached hydrogen (secondary N) is 1. The van der Waals surface area contributed by atoms with Gasteiger partial charge in [0.15, 0.2) is 0 Å². The third kappa shape index (κ3) is 1.95. The predicted octanol–water partition coefficient (Wildman–Crippen LogP) is -0.758. The summed E-state index contributed by atoms with van der Waals surface area (Å²) >= 11 is 0. The summed E-state index contributed by atoms with van der Waals surface area (Å²) in [6, 6.07) is 0.453. The summed E-state index contributed by atoms with van der Waals surface area (Å²) in [6.45, 7) is 0.0598. The molecule has 1 atom stereocenters. The summed E-state index contributed by atoms with van der Waals surface area (Å²) in [5.74, 6) is 0. The fourth-order valence-corrected chi connectivity index (χ4v) is 0.997. The van der Waals surface area contributed by atoms with E-state index in [2.05, 4.69) is 4.98 Å². The second-order valence-electron chi connectivity index (χ2n) is 2.74. The predicted molar refractivity (Wildman–Crippen MR) is 49.7 cm³/mol. The highest BCUT2D eigenvalue weighted by Crippen LogP contribution is 2.11. The summed E-state index contributed by atoms with van der Waals surface area (Å²) in [4.78, 5) is 23.2. The summed E-state index contributed by atoms with van der Waals surface area (Å²) in [7, 11) is 0. The first-order valence-corrected chi connectivity index (χ1v) is 3.89. The first kappa shape index (κ1) is 10.4. The van der Waals surface area contributed by atoms with E-state index in [1.165, 1.54) is 0 Å². The first-order valence-electron chi connectivity index (χ1n) is 3.89. The van der Waals surface area contributed by atoms with Gasteiger partial charge in [0.05, 0.1) is 11.1 Å². The number of nitrogens with two attached hydrogens (primary N) is 2. The van der Waals surface area contributed by atoms with Gasteiger partial charge >= 0.3 is 0 Å². The quantitative estimate of drug-likeness (QED) is 0.434. The van der Waals surface area contributed by atoms with Gasteiger partial charge in [0.2, 0.25) is 0 Å². The molecule has 0 amide bonds. The molecule has 0 spiro atoms. The highest BCUT2D eigenvalue weighted by atomic mass is 16.6. The van der Waals surface area contributed by atoms with Gasteiger partial charge in [-0.2, -0.15) is 0 Å². The van der Waals surface area contributed by atoms with E-state index in [1.807, 2.05) is 0 Å². The van der Waals surface area contributed by atoms with Gasteiger partial charge in [-0.15, -0.1) is 0 Å². The lowest BCUT2D eigenvalue weighted by atomic mass is 10.1. The molecule has 0 fully saturated rings. The molecule has 5 N–H and O–H groups in total. The van der Waals surface area contributed by atoms with Gasteiger partial charge in [-0.05, 0) is 0 Å². The lowest BCUT2D eigenvalue weighted by molar-refractivity contribution is -0.385. The van der Waals surface area contributed by atoms with Gasteiger partial charge < -0.3 is 16.5 Å². The van der Waals surface area contributed by atoms with Crippen molar-refractivity contribution in [2.75, 3.05) is 6.54 Å². The second kappa shape index (κ2) is 3.99. The number of nitro groups is 1. The fraction of sp³-hybridized carbons (Fsp3) is 0.286. The molecule has 1 heterocycles. The van der Waals surface area contributed by atoms with Crippen LogP contribution in [-0.2, 0) is 0 Å². The minimum absolute atomic E-state index is 0.0598. The summed E-state index contributed by atoms with van der Waals surface area (Å²) in [6.07, 6.45) is 1.02. The van der Waals surface area contributed by atoms with E-state index in [-0.39, 0.29) is 17.8 Å². The molecule has 7 nitrogen and oxygen atoms in total. The molecule has 0 aliphatic carbocycles. The van der Waals surface area contributed by atoms with Crippen LogP contribution in [0.1, 0.15) is 11.6 Å². The molecule has 0 aromatic carbocycles. The van der Waals surface area contributed by atoms with E-state index in [0.29, 0.717) is 0 Å². The minimum Gasteiger partial charge on any atom is -0.329 e. The van der Waals surface area contributed by atoms with E-state index >= 15 is 0 Å². The molecule has 14 heavy (non-hydrogen) atoms. The van der Waals surface area contributed by atoms with Crippen LogP contribution in [0.25, 0.3) is 0 Å². The number of aromatic nitrogens is 1. The number of hydrogen-bond acceptors (Lipinski definition) is 5. The van der Waals surface area contributed by atoms with Crippen molar-refractivity contribution in [2.24, 2.45) is 11.5 Å². The molecule has 1 aromatic rings. The lowest BCUT2D eigenvalue weighted by Gasteiger charge is -2.06. The van der Waals surface area contributed by atoms with Crippen LogP contribution in [0.2, 0.25) is 0 Å². The number of hydrogen-bond donors (Lipinski definition) is 3. The van der Waals surface area contributed by atoms with Crippen molar-refractivity contribution >= 4 is 5.69 Å². The zero-order valence-electron chi connectivity index (χ0n) is 7.27. The topological polar surface area (TPSA) is 128 Å². The molecule has 7 heteroatoms. The third-order valence-electron chi connectivity index (χ3n) is 1.78. The molecule has 0 aliphatic rings. The SMILES string of the molecule is NC[C@H](N)c1cc([N+](=O)[O-])c[nH]c1=O. The molecular weight excluding hydrogens is 188 g/mol. The maximum Gasteiger partial charge on any atom is 0.285 e. The lowest BCUT2D eigenvalue weighted by Crippen LogP contribution is -2.27. The normalized spacial score (nSPS) is 12.4. The van der Waals surface area contributed by atoms with Crippen molar-refractivity contribution in [1.82, 2.24) is 4.98 Å². The van der Waals surface area contributed by atoms with E-state index < -0.39 is 16.5 Å². The Bertz CT molecular complexity index is 400. The molecule has 1 rings (SSSR count). The highest BCUT2D eigenvalue weighted by molar-refractivity contribution is 5.31. The van der Waals surface area contributed by atoms with Crippen LogP contribution in [-0.4, -0.2) is 16.5 Å². The van der Waals surface area contributed by atoms with Crippen molar-refractivity contribution in [2.45, 2.75) is 6.04 Å². The molecule has 1 aromatic heterocycles. The number of aromatic amines is 1. The summed E-state index contributed by atoms with van der Waals surface area (Å²) in [5, 5.41) is 10.4. The van der Waals surface area contributed by atoms with Crippen LogP contribution < -0.4 is 17.0 Å². The monoisotopic (exact) mass is 198 g/mol. The van der Waals surface area contributed by atoms with Gasteiger partial charge in [-0.25, -0.2) is 0 Å². The van der Waals surface area contributed by atoms with Crippen molar-refractivity contribution in [1.29, 1.82) is 0 Å². The van der Waals surface area contributed by atoms with Crippen LogP contribution in [0.15, 0.2) is 17.1 Å². The molecule has 0 unspecified atom stereocenters. The van der Waals surface area contributed by atoms with Crippen LogP contribution in [0, 0.1) is 10.1 Å². The van der Waals surface area contributed by atoms with Gasteiger partial charge in [-0.1, -0.05) is 0 Å². The Morgan fingerprint density at radius 1 is 1.64 bits per heavy atom. The van der Waals surface area contributed by atoms with E-state index in [9.17, 15) is 14.9 Å². The minimum atomic E-state index is -0.682. The van der Waals surface area contributed by atoms with Gasteiger partial charge in [0.1, 0.15) is 0 Å². The molecule has 0 saturated heterocycles. The highest BCUT2D eigenvalue weighted by Gasteiger charge is 2.13. The Balaban J connectivity index is 3.21. The fourth-order valence-electron chi connectivity index (χ4n) is 0.997. The summed E-state index contributed by atoms with van der Waals surface area (Å²) < 4.78 is 0. The van der Waals surface area contributed by atoms with Crippen LogP contribution in [0.5, 0.6) is 0 Å². The van der Waals surface area contributed by atoms with E-state index in [0.717, 1.165) is 12.3 Å². The van der Waals surface area contributed by atoms with Crippen molar-refractivity contribution in [3.05, 3.63) is 38.3 Å². The molecule has 0 saturated carbocycles. The number of nitrogens with zero attached hydrogens (tertiary/aromatic N) is 1. The van der Waals surface area contributed by atoms with Crippen molar-refractivity contribution in [3.63, 3.8) is 0 Å². The Kier molecular flexibility index (Phi) is 2.95. The van der Waals surface area contributed by atoms with E-state index in [1.54, 1.807) is 0 Å². The number of rotatable bonds is 3. The van der Waals surface area contributed by atoms with Crippen LogP contribution >= 0.6 is 0 Å². The molecular formula is C7H10N4O3. The standard InChI is InChI=1S/C7H10N4O3/c8-2-6(9)5-1-4(11(13)14)3-10-7(5)12/h1,3,6H,2,8-9H2,(H,10,12)/t6-/m0/s1. The van der Waals surface area contributed by atoms with Crippen LogP contribution in [0.4, 0.5) is 5.69 Å². The third-order valence-corrected chi connectivity index (χ3v) is 1.78. The Hall–Kier alpha value is -1.73. The smallest absolute Gasteiger partial charge is 0.285 e. The number of pyridine rings is 1. The van der Waals surface area contributed by atoms with Crippen molar-refractivity contribution < 1.29 is 4.92 Å². The van der Waals surface area contributed by atoms with Gasteiger partial charge in [-0.3, -0.25) is 14.9 Å². The average molecular weight is 198 g/mol. The maximum atomic E-state index is 11.2. The maximum absolute atomic E-state index is 11.2. The van der Waals surface area contributed by atoms with Gasteiger partial charge in [0.25, 0.3) is 11.2 Å².